The minimum absolute atomic E-state index is 0.0426. The zero-order valence-electron chi connectivity index (χ0n) is 11.4. The van der Waals surface area contributed by atoms with Crippen molar-refractivity contribution in [1.29, 1.82) is 0 Å². The third-order valence-corrected chi connectivity index (χ3v) is 4.17. The topological polar surface area (TPSA) is 57.6 Å². The number of carboxylic acids is 1. The minimum atomic E-state index is -0.859. The van der Waals surface area contributed by atoms with E-state index in [-0.39, 0.29) is 18.4 Å². The molecule has 1 aromatic carbocycles. The van der Waals surface area contributed by atoms with Crippen LogP contribution in [-0.4, -0.2) is 35.0 Å². The van der Waals surface area contributed by atoms with E-state index in [2.05, 4.69) is 0 Å². The van der Waals surface area contributed by atoms with Gasteiger partial charge in [0.05, 0.1) is 5.92 Å². The summed E-state index contributed by atoms with van der Waals surface area (Å²) >= 11 is 11.8. The molecule has 0 aliphatic carbocycles. The molecule has 1 heterocycles. The molecule has 0 bridgehead atoms. The predicted octanol–water partition coefficient (Wildman–Crippen LogP) is 3.19. The lowest BCUT2D eigenvalue weighted by molar-refractivity contribution is -0.142. The zero-order chi connectivity index (χ0) is 15.6. The second-order valence-electron chi connectivity index (χ2n) is 5.16. The van der Waals surface area contributed by atoms with E-state index < -0.39 is 11.9 Å². The summed E-state index contributed by atoms with van der Waals surface area (Å²) in [6.07, 6.45) is 3.02. The molecule has 1 aromatic rings. The third kappa shape index (κ3) is 3.77. The third-order valence-electron chi connectivity index (χ3n) is 3.61. The highest BCUT2D eigenvalue weighted by Gasteiger charge is 2.36. The Morgan fingerprint density at radius 3 is 2.62 bits per heavy atom. The molecule has 2 unspecified atom stereocenters. The highest BCUT2D eigenvalue weighted by molar-refractivity contribution is 6.35. The Kier molecular flexibility index (Phi) is 4.91. The fourth-order valence-corrected chi connectivity index (χ4v) is 2.84. The molecule has 0 aromatic heterocycles. The first kappa shape index (κ1) is 15.9. The van der Waals surface area contributed by atoms with E-state index in [4.69, 9.17) is 28.3 Å². The van der Waals surface area contributed by atoms with Gasteiger partial charge in [-0.25, -0.2) is 0 Å². The van der Waals surface area contributed by atoms with Crippen molar-refractivity contribution in [2.45, 2.75) is 6.92 Å². The summed E-state index contributed by atoms with van der Waals surface area (Å²) in [7, 11) is 0. The van der Waals surface area contributed by atoms with E-state index in [0.29, 0.717) is 22.2 Å². The van der Waals surface area contributed by atoms with Crippen molar-refractivity contribution in [3.63, 3.8) is 0 Å². The predicted molar refractivity (Wildman–Crippen MR) is 82.4 cm³/mol. The number of halogens is 2. The van der Waals surface area contributed by atoms with Gasteiger partial charge >= 0.3 is 5.97 Å². The number of rotatable bonds is 3. The number of carbonyl (C=O) groups is 2. The number of amides is 1. The van der Waals surface area contributed by atoms with Crippen molar-refractivity contribution in [3.8, 4) is 0 Å². The number of benzene rings is 1. The molecule has 0 radical (unpaired) electrons. The Labute approximate surface area is 133 Å². The van der Waals surface area contributed by atoms with Crippen LogP contribution in [0.2, 0.25) is 10.0 Å². The van der Waals surface area contributed by atoms with Crippen LogP contribution >= 0.6 is 23.2 Å². The van der Waals surface area contributed by atoms with Gasteiger partial charge < -0.3 is 10.0 Å². The summed E-state index contributed by atoms with van der Waals surface area (Å²) in [5.41, 5.74) is 0.691. The van der Waals surface area contributed by atoms with E-state index in [0.717, 1.165) is 0 Å². The van der Waals surface area contributed by atoms with E-state index in [1.54, 1.807) is 29.2 Å². The van der Waals surface area contributed by atoms with Gasteiger partial charge in [0, 0.05) is 29.2 Å². The average molecular weight is 328 g/mol. The molecule has 1 aliphatic heterocycles. The fourth-order valence-electron chi connectivity index (χ4n) is 2.37. The molecular formula is C15H15Cl2NO3. The first-order valence-electron chi connectivity index (χ1n) is 6.53. The summed E-state index contributed by atoms with van der Waals surface area (Å²) < 4.78 is 0. The largest absolute Gasteiger partial charge is 0.481 e. The lowest BCUT2D eigenvalue weighted by Crippen LogP contribution is -2.28. The smallest absolute Gasteiger partial charge is 0.308 e. The lowest BCUT2D eigenvalue weighted by Gasteiger charge is -2.13. The maximum Gasteiger partial charge on any atom is 0.308 e. The van der Waals surface area contributed by atoms with Crippen molar-refractivity contribution < 1.29 is 14.7 Å². The second-order valence-corrected chi connectivity index (χ2v) is 6.01. The number of hydrogen-bond acceptors (Lipinski definition) is 2. The van der Waals surface area contributed by atoms with Crippen molar-refractivity contribution >= 4 is 41.2 Å². The van der Waals surface area contributed by atoms with Crippen molar-refractivity contribution in [3.05, 3.63) is 39.9 Å². The number of carboxylic acid groups (broad SMARTS) is 1. The van der Waals surface area contributed by atoms with E-state index in [1.807, 2.05) is 6.92 Å². The Morgan fingerprint density at radius 1 is 1.33 bits per heavy atom. The highest BCUT2D eigenvalue weighted by atomic mass is 35.5. The molecule has 2 rings (SSSR count). The van der Waals surface area contributed by atoms with Gasteiger partial charge in [-0.1, -0.05) is 36.2 Å². The van der Waals surface area contributed by atoms with Gasteiger partial charge in [0.25, 0.3) is 0 Å². The van der Waals surface area contributed by atoms with Crippen LogP contribution in [0.3, 0.4) is 0 Å². The number of likely N-dealkylation sites (tertiary alicyclic amines) is 1. The normalized spacial score (nSPS) is 22.0. The van der Waals surface area contributed by atoms with E-state index >= 15 is 0 Å². The summed E-state index contributed by atoms with van der Waals surface area (Å²) in [5.74, 6) is -1.61. The summed E-state index contributed by atoms with van der Waals surface area (Å²) in [6.45, 7) is 2.54. The minimum Gasteiger partial charge on any atom is -0.481 e. The summed E-state index contributed by atoms with van der Waals surface area (Å²) in [4.78, 5) is 24.7. The molecule has 6 heteroatoms. The SMILES string of the molecule is CC1CN(C(=O)C=Cc2ccc(Cl)cc2Cl)CC1C(=O)O. The van der Waals surface area contributed by atoms with Gasteiger partial charge in [0.2, 0.25) is 5.91 Å². The maximum absolute atomic E-state index is 12.1. The van der Waals surface area contributed by atoms with Crippen molar-refractivity contribution in [1.82, 2.24) is 4.90 Å². The van der Waals surface area contributed by atoms with E-state index in [1.165, 1.54) is 6.08 Å². The Hall–Kier alpha value is -1.52. The molecule has 4 nitrogen and oxygen atoms in total. The monoisotopic (exact) mass is 327 g/mol. The molecule has 1 aliphatic rings. The van der Waals surface area contributed by atoms with Crippen LogP contribution in [0.4, 0.5) is 0 Å². The number of aliphatic carboxylic acids is 1. The van der Waals surface area contributed by atoms with Gasteiger partial charge in [-0.2, -0.15) is 0 Å². The quantitative estimate of drug-likeness (QED) is 0.867. The Morgan fingerprint density at radius 2 is 2.05 bits per heavy atom. The highest BCUT2D eigenvalue weighted by Crippen LogP contribution is 2.24. The van der Waals surface area contributed by atoms with Gasteiger partial charge in [-0.15, -0.1) is 0 Å². The summed E-state index contributed by atoms with van der Waals surface area (Å²) in [6, 6.07) is 5.02. The molecule has 1 amide bonds. The van der Waals surface area contributed by atoms with Crippen LogP contribution in [-0.2, 0) is 9.59 Å². The standard InChI is InChI=1S/C15H15Cl2NO3/c1-9-7-18(8-12(9)15(20)21)14(19)5-3-10-2-4-11(16)6-13(10)17/h2-6,9,12H,7-8H2,1H3,(H,20,21). The zero-order valence-corrected chi connectivity index (χ0v) is 12.9. The number of carbonyl (C=O) groups excluding carboxylic acids is 1. The fraction of sp³-hybridized carbons (Fsp3) is 0.333. The van der Waals surface area contributed by atoms with Crippen LogP contribution in [0.1, 0.15) is 12.5 Å². The first-order valence-corrected chi connectivity index (χ1v) is 7.29. The van der Waals surface area contributed by atoms with Gasteiger partial charge in [-0.05, 0) is 29.7 Å². The molecule has 112 valence electrons. The lowest BCUT2D eigenvalue weighted by atomic mass is 9.99. The van der Waals surface area contributed by atoms with Crippen molar-refractivity contribution in [2.24, 2.45) is 11.8 Å². The van der Waals surface area contributed by atoms with Crippen LogP contribution in [0, 0.1) is 11.8 Å². The Balaban J connectivity index is 2.05. The number of nitrogens with zero attached hydrogens (tertiary/aromatic N) is 1. The molecular weight excluding hydrogens is 313 g/mol. The number of hydrogen-bond donors (Lipinski definition) is 1. The molecule has 0 spiro atoms. The molecule has 1 N–H and O–H groups in total. The molecule has 2 atom stereocenters. The Bertz CT molecular complexity index is 601. The molecule has 1 saturated heterocycles. The van der Waals surface area contributed by atoms with Crippen LogP contribution in [0.15, 0.2) is 24.3 Å². The second kappa shape index (κ2) is 6.50. The first-order chi connectivity index (χ1) is 9.88. The van der Waals surface area contributed by atoms with Gasteiger partial charge in [0.1, 0.15) is 0 Å². The molecule has 0 saturated carbocycles. The van der Waals surface area contributed by atoms with Crippen LogP contribution < -0.4 is 0 Å². The molecule has 1 fully saturated rings. The van der Waals surface area contributed by atoms with Crippen LogP contribution in [0.25, 0.3) is 6.08 Å². The van der Waals surface area contributed by atoms with Gasteiger partial charge in [0.15, 0.2) is 0 Å². The molecule has 21 heavy (non-hydrogen) atoms. The van der Waals surface area contributed by atoms with Gasteiger partial charge in [-0.3, -0.25) is 9.59 Å². The van der Waals surface area contributed by atoms with E-state index in [9.17, 15) is 9.59 Å². The van der Waals surface area contributed by atoms with Crippen molar-refractivity contribution in [2.75, 3.05) is 13.1 Å². The maximum atomic E-state index is 12.1. The average Bonchev–Trinajstić information content (AvgIpc) is 2.80. The van der Waals surface area contributed by atoms with Crippen LogP contribution in [0.5, 0.6) is 0 Å². The summed E-state index contributed by atoms with van der Waals surface area (Å²) in [5, 5.41) is 10.1.